The van der Waals surface area contributed by atoms with Crippen molar-refractivity contribution < 1.29 is 9.18 Å². The van der Waals surface area contributed by atoms with Crippen LogP contribution in [0.3, 0.4) is 0 Å². The van der Waals surface area contributed by atoms with Crippen molar-refractivity contribution >= 4 is 5.91 Å². The SMILES string of the molecule is Cc1cn(-c2ccc(F)cc2)nc1C(=O)NCCc1ncc[nH]1. The van der Waals surface area contributed by atoms with E-state index >= 15 is 0 Å². The van der Waals surface area contributed by atoms with Crippen molar-refractivity contribution in [2.45, 2.75) is 13.3 Å². The van der Waals surface area contributed by atoms with Crippen LogP contribution in [0.4, 0.5) is 4.39 Å². The average molecular weight is 313 g/mol. The van der Waals surface area contributed by atoms with Gasteiger partial charge in [0.1, 0.15) is 11.6 Å². The first-order valence-electron chi connectivity index (χ1n) is 7.22. The lowest BCUT2D eigenvalue weighted by atomic mass is 10.2. The maximum absolute atomic E-state index is 13.0. The van der Waals surface area contributed by atoms with Gasteiger partial charge in [-0.3, -0.25) is 4.79 Å². The minimum atomic E-state index is -0.312. The number of benzene rings is 1. The van der Waals surface area contributed by atoms with Crippen LogP contribution >= 0.6 is 0 Å². The quantitative estimate of drug-likeness (QED) is 0.756. The summed E-state index contributed by atoms with van der Waals surface area (Å²) in [6.45, 7) is 2.28. The van der Waals surface area contributed by atoms with Gasteiger partial charge in [0.05, 0.1) is 5.69 Å². The fourth-order valence-corrected chi connectivity index (χ4v) is 2.22. The number of nitrogens with one attached hydrogen (secondary N) is 2. The summed E-state index contributed by atoms with van der Waals surface area (Å²) in [5.74, 6) is 0.266. The summed E-state index contributed by atoms with van der Waals surface area (Å²) in [7, 11) is 0. The molecule has 0 bridgehead atoms. The number of nitrogens with zero attached hydrogens (tertiary/aromatic N) is 3. The van der Waals surface area contributed by atoms with E-state index in [1.807, 2.05) is 6.92 Å². The van der Waals surface area contributed by atoms with E-state index in [2.05, 4.69) is 20.4 Å². The number of hydrogen-bond acceptors (Lipinski definition) is 3. The Balaban J connectivity index is 1.67. The number of H-pyrrole nitrogens is 1. The summed E-state index contributed by atoms with van der Waals surface area (Å²) in [5.41, 5.74) is 1.81. The number of imidazole rings is 1. The first-order chi connectivity index (χ1) is 11.1. The molecule has 1 aromatic carbocycles. The summed E-state index contributed by atoms with van der Waals surface area (Å²) in [6.07, 6.45) is 5.78. The van der Waals surface area contributed by atoms with Gasteiger partial charge in [0, 0.05) is 37.1 Å². The van der Waals surface area contributed by atoms with Crippen LogP contribution < -0.4 is 5.32 Å². The molecule has 3 rings (SSSR count). The van der Waals surface area contributed by atoms with Gasteiger partial charge in [0.15, 0.2) is 5.69 Å². The van der Waals surface area contributed by atoms with Crippen molar-refractivity contribution in [2.75, 3.05) is 6.54 Å². The van der Waals surface area contributed by atoms with E-state index in [1.54, 1.807) is 35.4 Å². The minimum absolute atomic E-state index is 0.241. The molecule has 0 atom stereocenters. The topological polar surface area (TPSA) is 75.6 Å². The van der Waals surface area contributed by atoms with E-state index in [9.17, 15) is 9.18 Å². The number of hydrogen-bond donors (Lipinski definition) is 2. The molecule has 6 nitrogen and oxygen atoms in total. The third-order valence-electron chi connectivity index (χ3n) is 3.41. The Morgan fingerprint density at radius 1 is 1.35 bits per heavy atom. The number of carbonyl (C=O) groups excluding carboxylic acids is 1. The van der Waals surface area contributed by atoms with Gasteiger partial charge in [-0.25, -0.2) is 14.1 Å². The molecule has 7 heteroatoms. The van der Waals surface area contributed by atoms with Gasteiger partial charge in [-0.15, -0.1) is 0 Å². The molecule has 0 unspecified atom stereocenters. The number of halogens is 1. The zero-order chi connectivity index (χ0) is 16.2. The monoisotopic (exact) mass is 313 g/mol. The standard InChI is InChI=1S/C16H16FN5O/c1-11-10-22(13-4-2-12(17)3-5-13)21-15(11)16(23)20-7-6-14-18-8-9-19-14/h2-5,8-10H,6-7H2,1H3,(H,18,19)(H,20,23). The van der Waals surface area contributed by atoms with Gasteiger partial charge in [0.2, 0.25) is 0 Å². The lowest BCUT2D eigenvalue weighted by Crippen LogP contribution is -2.27. The van der Waals surface area contributed by atoms with Crippen LogP contribution in [0.5, 0.6) is 0 Å². The fourth-order valence-electron chi connectivity index (χ4n) is 2.22. The minimum Gasteiger partial charge on any atom is -0.350 e. The molecule has 2 heterocycles. The molecule has 3 aromatic rings. The maximum atomic E-state index is 13.0. The van der Waals surface area contributed by atoms with Crippen LogP contribution in [0.2, 0.25) is 0 Å². The normalized spacial score (nSPS) is 10.7. The molecular formula is C16H16FN5O. The predicted octanol–water partition coefficient (Wildman–Crippen LogP) is 2.02. The zero-order valence-electron chi connectivity index (χ0n) is 12.6. The van der Waals surface area contributed by atoms with Crippen LogP contribution in [-0.4, -0.2) is 32.2 Å². The van der Waals surface area contributed by atoms with Crippen molar-refractivity contribution in [1.82, 2.24) is 25.1 Å². The predicted molar refractivity (Wildman–Crippen MR) is 82.9 cm³/mol. The average Bonchev–Trinajstić information content (AvgIpc) is 3.17. The highest BCUT2D eigenvalue weighted by Gasteiger charge is 2.14. The molecule has 0 radical (unpaired) electrons. The summed E-state index contributed by atoms with van der Waals surface area (Å²) in [4.78, 5) is 19.3. The zero-order valence-corrected chi connectivity index (χ0v) is 12.6. The van der Waals surface area contributed by atoms with Crippen LogP contribution in [0.15, 0.2) is 42.9 Å². The second-order valence-electron chi connectivity index (χ2n) is 5.12. The van der Waals surface area contributed by atoms with E-state index in [-0.39, 0.29) is 11.7 Å². The van der Waals surface area contributed by atoms with Gasteiger partial charge in [0.25, 0.3) is 5.91 Å². The Bertz CT molecular complexity index is 793. The number of aromatic amines is 1. The summed E-state index contributed by atoms with van der Waals surface area (Å²) >= 11 is 0. The van der Waals surface area contributed by atoms with Gasteiger partial charge >= 0.3 is 0 Å². The van der Waals surface area contributed by atoms with Crippen LogP contribution in [-0.2, 0) is 6.42 Å². The fraction of sp³-hybridized carbons (Fsp3) is 0.188. The highest BCUT2D eigenvalue weighted by atomic mass is 19.1. The highest BCUT2D eigenvalue weighted by Crippen LogP contribution is 2.12. The van der Waals surface area contributed by atoms with Crippen LogP contribution in [0.25, 0.3) is 5.69 Å². The molecule has 23 heavy (non-hydrogen) atoms. The third-order valence-corrected chi connectivity index (χ3v) is 3.41. The Kier molecular flexibility index (Phi) is 4.18. The third kappa shape index (κ3) is 3.45. The van der Waals surface area contributed by atoms with Crippen molar-refractivity contribution in [3.8, 4) is 5.69 Å². The van der Waals surface area contributed by atoms with E-state index in [1.165, 1.54) is 12.1 Å². The Hall–Kier alpha value is -2.96. The van der Waals surface area contributed by atoms with Gasteiger partial charge < -0.3 is 10.3 Å². The largest absolute Gasteiger partial charge is 0.350 e. The van der Waals surface area contributed by atoms with E-state index in [4.69, 9.17) is 0 Å². The molecule has 1 amide bonds. The first-order valence-corrected chi connectivity index (χ1v) is 7.22. The molecule has 118 valence electrons. The lowest BCUT2D eigenvalue weighted by molar-refractivity contribution is 0.0948. The van der Waals surface area contributed by atoms with E-state index in [0.29, 0.717) is 24.3 Å². The Morgan fingerprint density at radius 2 is 2.13 bits per heavy atom. The van der Waals surface area contributed by atoms with Crippen molar-refractivity contribution in [1.29, 1.82) is 0 Å². The van der Waals surface area contributed by atoms with E-state index in [0.717, 1.165) is 11.4 Å². The number of carbonyl (C=O) groups is 1. The van der Waals surface area contributed by atoms with Gasteiger partial charge in [-0.1, -0.05) is 0 Å². The Labute approximate surface area is 132 Å². The van der Waals surface area contributed by atoms with Crippen LogP contribution in [0.1, 0.15) is 21.9 Å². The molecule has 0 aliphatic rings. The van der Waals surface area contributed by atoms with Crippen molar-refractivity contribution in [3.05, 3.63) is 65.8 Å². The number of rotatable bonds is 5. The highest BCUT2D eigenvalue weighted by molar-refractivity contribution is 5.93. The number of amides is 1. The first kappa shape index (κ1) is 15.0. The second kappa shape index (κ2) is 6.43. The van der Waals surface area contributed by atoms with Crippen molar-refractivity contribution in [3.63, 3.8) is 0 Å². The van der Waals surface area contributed by atoms with Gasteiger partial charge in [-0.2, -0.15) is 5.10 Å². The van der Waals surface area contributed by atoms with Gasteiger partial charge in [-0.05, 0) is 31.2 Å². The molecular weight excluding hydrogens is 297 g/mol. The van der Waals surface area contributed by atoms with Crippen molar-refractivity contribution in [2.24, 2.45) is 0 Å². The molecule has 0 aliphatic heterocycles. The number of aryl methyl sites for hydroxylation is 1. The molecule has 0 spiro atoms. The maximum Gasteiger partial charge on any atom is 0.272 e. The molecule has 2 N–H and O–H groups in total. The summed E-state index contributed by atoms with van der Waals surface area (Å²) in [6, 6.07) is 5.94. The second-order valence-corrected chi connectivity index (χ2v) is 5.12. The molecule has 0 aliphatic carbocycles. The van der Waals surface area contributed by atoms with Crippen LogP contribution in [0, 0.1) is 12.7 Å². The molecule has 0 saturated carbocycles. The number of aromatic nitrogens is 4. The lowest BCUT2D eigenvalue weighted by Gasteiger charge is -2.03. The molecule has 0 fully saturated rings. The smallest absolute Gasteiger partial charge is 0.272 e. The Morgan fingerprint density at radius 3 is 2.83 bits per heavy atom. The summed E-state index contributed by atoms with van der Waals surface area (Å²) in [5, 5.41) is 7.10. The van der Waals surface area contributed by atoms with E-state index < -0.39 is 0 Å². The molecule has 2 aromatic heterocycles. The molecule has 0 saturated heterocycles. The summed E-state index contributed by atoms with van der Waals surface area (Å²) < 4.78 is 14.5.